The lowest BCUT2D eigenvalue weighted by Gasteiger charge is -2.19. The van der Waals surface area contributed by atoms with Crippen LogP contribution in [0.3, 0.4) is 0 Å². The lowest BCUT2D eigenvalue weighted by molar-refractivity contribution is 0.209. The molecule has 0 aliphatic heterocycles. The van der Waals surface area contributed by atoms with Gasteiger partial charge in [-0.15, -0.1) is 0 Å². The van der Waals surface area contributed by atoms with E-state index in [9.17, 15) is 5.11 Å². The first-order valence-electron chi connectivity index (χ1n) is 4.95. The largest absolute Gasteiger partial charge is 0.508 e. The van der Waals surface area contributed by atoms with Crippen molar-refractivity contribution >= 4 is 63.7 Å². The predicted molar refractivity (Wildman–Crippen MR) is 93.7 cm³/mol. The van der Waals surface area contributed by atoms with Crippen molar-refractivity contribution in [2.45, 2.75) is 14.8 Å². The standard InChI is InChI=1S/C9H13I2N2O4PS/c1-9(10,11)5-6-4-7(2-3-8(6)14)15-18(19,16-12)17-13/h2-4,14H,5,12-13H2,1H3. The average molecular weight is 530 g/mol. The van der Waals surface area contributed by atoms with E-state index < -0.39 is 6.72 Å². The van der Waals surface area contributed by atoms with Crippen LogP contribution >= 0.6 is 51.9 Å². The van der Waals surface area contributed by atoms with Gasteiger partial charge in [0.15, 0.2) is 0 Å². The van der Waals surface area contributed by atoms with Crippen LogP contribution in [0.25, 0.3) is 0 Å². The number of halogens is 2. The molecule has 108 valence electrons. The Morgan fingerprint density at radius 1 is 1.37 bits per heavy atom. The summed E-state index contributed by atoms with van der Waals surface area (Å²) >= 11 is 9.47. The SMILES string of the molecule is CC(I)(I)Cc1cc(OP(=S)(ON)ON)ccc1O. The van der Waals surface area contributed by atoms with Crippen molar-refractivity contribution in [1.82, 2.24) is 0 Å². The summed E-state index contributed by atoms with van der Waals surface area (Å²) < 4.78 is 14.2. The first-order valence-corrected chi connectivity index (χ1v) is 9.67. The molecule has 0 amide bonds. The van der Waals surface area contributed by atoms with Crippen molar-refractivity contribution in [3.63, 3.8) is 0 Å². The Kier molecular flexibility index (Phi) is 6.72. The second-order valence-electron chi connectivity index (χ2n) is 3.79. The van der Waals surface area contributed by atoms with Gasteiger partial charge >= 0.3 is 6.72 Å². The highest BCUT2D eigenvalue weighted by Crippen LogP contribution is 2.47. The van der Waals surface area contributed by atoms with E-state index in [-0.39, 0.29) is 7.18 Å². The zero-order valence-electron chi connectivity index (χ0n) is 9.88. The zero-order chi connectivity index (χ0) is 14.7. The lowest BCUT2D eigenvalue weighted by atomic mass is 10.1. The summed E-state index contributed by atoms with van der Waals surface area (Å²) in [5.74, 6) is 10.6. The molecule has 0 unspecified atom stereocenters. The van der Waals surface area contributed by atoms with Gasteiger partial charge in [-0.2, -0.15) is 0 Å². The van der Waals surface area contributed by atoms with E-state index >= 15 is 0 Å². The highest BCUT2D eigenvalue weighted by atomic mass is 127. The minimum Gasteiger partial charge on any atom is -0.508 e. The third kappa shape index (κ3) is 5.96. The van der Waals surface area contributed by atoms with Gasteiger partial charge in [0.25, 0.3) is 0 Å². The molecule has 5 N–H and O–H groups in total. The number of phenols is 1. The van der Waals surface area contributed by atoms with Gasteiger partial charge in [-0.05, 0) is 37.1 Å². The molecule has 19 heavy (non-hydrogen) atoms. The van der Waals surface area contributed by atoms with Gasteiger partial charge in [-0.25, -0.2) is 21.0 Å². The molecule has 1 rings (SSSR count). The fourth-order valence-electron chi connectivity index (χ4n) is 1.29. The monoisotopic (exact) mass is 530 g/mol. The molecular formula is C9H13I2N2O4PS. The van der Waals surface area contributed by atoms with E-state index in [1.54, 1.807) is 6.07 Å². The number of benzene rings is 1. The van der Waals surface area contributed by atoms with Crippen LogP contribution in [0.15, 0.2) is 18.2 Å². The van der Waals surface area contributed by atoms with Gasteiger partial charge in [0.1, 0.15) is 11.5 Å². The van der Waals surface area contributed by atoms with Gasteiger partial charge in [-0.1, -0.05) is 45.2 Å². The average Bonchev–Trinajstić information content (AvgIpc) is 2.31. The first kappa shape index (κ1) is 17.8. The highest BCUT2D eigenvalue weighted by Gasteiger charge is 2.23. The smallest absolute Gasteiger partial charge is 0.414 e. The van der Waals surface area contributed by atoms with Crippen molar-refractivity contribution in [2.75, 3.05) is 0 Å². The lowest BCUT2D eigenvalue weighted by Crippen LogP contribution is -2.11. The van der Waals surface area contributed by atoms with E-state index in [2.05, 4.69) is 54.4 Å². The zero-order valence-corrected chi connectivity index (χ0v) is 15.9. The van der Waals surface area contributed by atoms with Gasteiger partial charge in [-0.3, -0.25) is 0 Å². The van der Waals surface area contributed by atoms with Gasteiger partial charge < -0.3 is 9.63 Å². The van der Waals surface area contributed by atoms with Crippen LogP contribution in [-0.2, 0) is 27.5 Å². The number of hydrogen-bond acceptors (Lipinski definition) is 7. The Balaban J connectivity index is 2.99. The van der Waals surface area contributed by atoms with Gasteiger partial charge in [0.2, 0.25) is 0 Å². The maximum Gasteiger partial charge on any atom is 0.414 e. The molecule has 1 aromatic carbocycles. The summed E-state index contributed by atoms with van der Waals surface area (Å²) in [6.07, 6.45) is 0.646. The minimum atomic E-state index is -3.19. The van der Waals surface area contributed by atoms with E-state index in [4.69, 9.17) is 28.1 Å². The van der Waals surface area contributed by atoms with Crippen LogP contribution in [-0.4, -0.2) is 6.53 Å². The van der Waals surface area contributed by atoms with Crippen LogP contribution in [0.1, 0.15) is 12.5 Å². The third-order valence-corrected chi connectivity index (χ3v) is 4.48. The van der Waals surface area contributed by atoms with E-state index in [1.165, 1.54) is 12.1 Å². The van der Waals surface area contributed by atoms with E-state index in [0.29, 0.717) is 12.2 Å². The fourth-order valence-corrected chi connectivity index (χ4v) is 2.88. The van der Waals surface area contributed by atoms with Crippen molar-refractivity contribution in [3.05, 3.63) is 23.8 Å². The maximum atomic E-state index is 9.82. The molecule has 10 heteroatoms. The molecule has 0 aliphatic rings. The Bertz CT molecular complexity index is 490. The number of nitrogens with two attached hydrogens (primary N) is 2. The Labute approximate surface area is 143 Å². The Morgan fingerprint density at radius 3 is 2.42 bits per heavy atom. The number of alkyl halides is 2. The molecular weight excluding hydrogens is 517 g/mol. The molecule has 0 spiro atoms. The van der Waals surface area contributed by atoms with Crippen molar-refractivity contribution in [1.29, 1.82) is 0 Å². The van der Waals surface area contributed by atoms with E-state index in [0.717, 1.165) is 5.56 Å². The first-order chi connectivity index (χ1) is 8.69. The molecule has 0 radical (unpaired) electrons. The molecule has 0 heterocycles. The summed E-state index contributed by atoms with van der Waals surface area (Å²) in [5.41, 5.74) is 0.722. The van der Waals surface area contributed by atoms with E-state index in [1.807, 2.05) is 6.92 Å². The van der Waals surface area contributed by atoms with Crippen molar-refractivity contribution in [2.24, 2.45) is 11.8 Å². The molecule has 0 aliphatic carbocycles. The quantitative estimate of drug-likeness (QED) is 0.225. The number of phenolic OH excluding ortho intramolecular Hbond substituents is 1. The highest BCUT2D eigenvalue weighted by molar-refractivity contribution is 14.2. The molecule has 0 atom stereocenters. The second-order valence-corrected chi connectivity index (χ2v) is 13.5. The third-order valence-electron chi connectivity index (χ3n) is 2.03. The Morgan fingerprint density at radius 2 is 1.95 bits per heavy atom. The minimum absolute atomic E-state index is 0.0411. The molecule has 0 fully saturated rings. The molecule has 0 bridgehead atoms. The molecule has 1 aromatic rings. The van der Waals surface area contributed by atoms with Crippen molar-refractivity contribution < 1.29 is 18.9 Å². The number of hydrogen-bond donors (Lipinski definition) is 3. The van der Waals surface area contributed by atoms with Gasteiger partial charge in [0, 0.05) is 11.8 Å². The summed E-state index contributed by atoms with van der Waals surface area (Å²) in [6.45, 7) is -1.15. The molecule has 0 aromatic heterocycles. The fraction of sp³-hybridized carbons (Fsp3) is 0.333. The summed E-state index contributed by atoms with van der Waals surface area (Å²) in [7, 11) is 0. The molecule has 0 saturated heterocycles. The molecule has 6 nitrogen and oxygen atoms in total. The topological polar surface area (TPSA) is 100.0 Å². The summed E-state index contributed by atoms with van der Waals surface area (Å²) in [5, 5.41) is 9.82. The number of rotatable bonds is 6. The van der Waals surface area contributed by atoms with Crippen LogP contribution in [0.4, 0.5) is 0 Å². The summed E-state index contributed by atoms with van der Waals surface area (Å²) in [4.78, 5) is 0. The van der Waals surface area contributed by atoms with Crippen molar-refractivity contribution in [3.8, 4) is 11.5 Å². The molecule has 0 saturated carbocycles. The predicted octanol–water partition coefficient (Wildman–Crippen LogP) is 2.90. The number of aromatic hydroxyl groups is 1. The Hall–Kier alpha value is 0.770. The van der Waals surface area contributed by atoms with Crippen LogP contribution in [0.5, 0.6) is 11.5 Å². The van der Waals surface area contributed by atoms with Crippen LogP contribution in [0.2, 0.25) is 0 Å². The summed E-state index contributed by atoms with van der Waals surface area (Å²) in [6, 6.07) is 4.70. The van der Waals surface area contributed by atoms with Gasteiger partial charge in [0.05, 0.1) is 1.43 Å². The normalized spacial score (nSPS) is 12.5. The van der Waals surface area contributed by atoms with Crippen LogP contribution < -0.4 is 16.3 Å². The maximum absolute atomic E-state index is 9.82. The second kappa shape index (κ2) is 7.16. The van der Waals surface area contributed by atoms with Crippen LogP contribution in [0, 0.1) is 0 Å².